The van der Waals surface area contributed by atoms with Crippen LogP contribution in [0.25, 0.3) is 10.9 Å². The maximum absolute atomic E-state index is 3.46. The second kappa shape index (κ2) is 3.03. The number of nitrogens with zero attached hydrogens (tertiary/aromatic N) is 1. The predicted molar refractivity (Wildman–Crippen MR) is 63.3 cm³/mol. The van der Waals surface area contributed by atoms with Gasteiger partial charge in [0.2, 0.25) is 0 Å². The second-order valence-electron chi connectivity index (χ2n) is 2.73. The van der Waals surface area contributed by atoms with Crippen LogP contribution >= 0.6 is 38.5 Å². The van der Waals surface area contributed by atoms with Crippen molar-refractivity contribution >= 4 is 49.4 Å². The molecule has 2 aromatic rings. The lowest BCUT2D eigenvalue weighted by Gasteiger charge is -1.97. The molecule has 0 spiro atoms. The summed E-state index contributed by atoms with van der Waals surface area (Å²) in [4.78, 5) is 0. The van der Waals surface area contributed by atoms with Crippen LogP contribution < -0.4 is 0 Å². The van der Waals surface area contributed by atoms with E-state index < -0.39 is 0 Å². The van der Waals surface area contributed by atoms with Crippen molar-refractivity contribution in [1.29, 1.82) is 0 Å². The molecule has 1 nitrogen and oxygen atoms in total. The molecule has 0 bridgehead atoms. The first-order valence-electron chi connectivity index (χ1n) is 3.59. The fraction of sp³-hybridized carbons (Fsp3) is 0.111. The minimum atomic E-state index is 1.13. The number of hydrogen-bond donors (Lipinski definition) is 0. The first-order valence-corrected chi connectivity index (χ1v) is 5.46. The molecule has 1 aromatic carbocycles. The van der Waals surface area contributed by atoms with Crippen molar-refractivity contribution in [1.82, 2.24) is 4.57 Å². The van der Waals surface area contributed by atoms with E-state index in [1.807, 2.05) is 0 Å². The lowest BCUT2D eigenvalue weighted by molar-refractivity contribution is 0.938. The molecule has 0 radical (unpaired) electrons. The third-order valence-corrected chi connectivity index (χ3v) is 3.48. The van der Waals surface area contributed by atoms with E-state index in [2.05, 4.69) is 74.4 Å². The maximum atomic E-state index is 3.46. The molecule has 3 heteroatoms. The zero-order valence-corrected chi connectivity index (χ0v) is 10.3. The molecule has 0 saturated carbocycles. The smallest absolute Gasteiger partial charge is 0.0806 e. The molecule has 1 heterocycles. The van der Waals surface area contributed by atoms with Crippen molar-refractivity contribution in [2.45, 2.75) is 0 Å². The van der Waals surface area contributed by atoms with Crippen LogP contribution in [0.4, 0.5) is 0 Å². The summed E-state index contributed by atoms with van der Waals surface area (Å²) in [5.41, 5.74) is 1.27. The molecule has 2 rings (SSSR count). The Hall–Kier alpha value is -0.0300. The topological polar surface area (TPSA) is 4.93 Å². The molecule has 12 heavy (non-hydrogen) atoms. The van der Waals surface area contributed by atoms with Gasteiger partial charge in [0.05, 0.1) is 3.70 Å². The number of halogens is 2. The van der Waals surface area contributed by atoms with Gasteiger partial charge in [-0.1, -0.05) is 22.0 Å². The van der Waals surface area contributed by atoms with Crippen molar-refractivity contribution in [3.05, 3.63) is 32.4 Å². The maximum Gasteiger partial charge on any atom is 0.0806 e. The van der Waals surface area contributed by atoms with E-state index in [0.29, 0.717) is 0 Å². The van der Waals surface area contributed by atoms with Crippen LogP contribution in [0.15, 0.2) is 28.7 Å². The predicted octanol–water partition coefficient (Wildman–Crippen LogP) is 3.55. The number of aromatic nitrogens is 1. The van der Waals surface area contributed by atoms with Gasteiger partial charge in [-0.2, -0.15) is 0 Å². The zero-order chi connectivity index (χ0) is 8.72. The van der Waals surface area contributed by atoms with Gasteiger partial charge in [-0.05, 0) is 40.8 Å². The van der Waals surface area contributed by atoms with Crippen molar-refractivity contribution in [2.75, 3.05) is 0 Å². The summed E-state index contributed by atoms with van der Waals surface area (Å²) in [5, 5.41) is 1.30. The molecule has 0 amide bonds. The van der Waals surface area contributed by atoms with Gasteiger partial charge in [0, 0.05) is 22.4 Å². The van der Waals surface area contributed by atoms with Crippen LogP contribution in [0, 0.1) is 3.70 Å². The Morgan fingerprint density at radius 3 is 2.83 bits per heavy atom. The molecule has 1 aromatic heterocycles. The van der Waals surface area contributed by atoms with Crippen LogP contribution in [0.1, 0.15) is 0 Å². The van der Waals surface area contributed by atoms with Crippen LogP contribution in [0.3, 0.4) is 0 Å². The molecule has 0 fully saturated rings. The van der Waals surface area contributed by atoms with E-state index in [0.717, 1.165) is 4.47 Å². The van der Waals surface area contributed by atoms with E-state index in [1.165, 1.54) is 14.6 Å². The largest absolute Gasteiger partial charge is 0.339 e. The number of aryl methyl sites for hydroxylation is 1. The Morgan fingerprint density at radius 2 is 2.08 bits per heavy atom. The molecule has 0 aliphatic carbocycles. The average Bonchev–Trinajstić information content (AvgIpc) is 2.31. The van der Waals surface area contributed by atoms with Crippen LogP contribution in [-0.4, -0.2) is 4.57 Å². The number of hydrogen-bond acceptors (Lipinski definition) is 0. The van der Waals surface area contributed by atoms with Gasteiger partial charge in [0.15, 0.2) is 0 Å². The summed E-state index contributed by atoms with van der Waals surface area (Å²) in [6.07, 6.45) is 0. The Balaban J connectivity index is 2.88. The van der Waals surface area contributed by atoms with Crippen molar-refractivity contribution < 1.29 is 0 Å². The van der Waals surface area contributed by atoms with E-state index >= 15 is 0 Å². The highest BCUT2D eigenvalue weighted by molar-refractivity contribution is 14.1. The third-order valence-electron chi connectivity index (χ3n) is 1.95. The fourth-order valence-electron chi connectivity index (χ4n) is 1.27. The molecule has 0 saturated heterocycles. The Labute approximate surface area is 93.0 Å². The van der Waals surface area contributed by atoms with E-state index in [1.54, 1.807) is 0 Å². The lowest BCUT2D eigenvalue weighted by atomic mass is 10.2. The number of fused-ring (bicyclic) bond motifs is 1. The molecule has 0 N–H and O–H groups in total. The highest BCUT2D eigenvalue weighted by atomic mass is 127. The zero-order valence-electron chi connectivity index (χ0n) is 6.51. The van der Waals surface area contributed by atoms with Crippen molar-refractivity contribution in [3.63, 3.8) is 0 Å². The summed E-state index contributed by atoms with van der Waals surface area (Å²) >= 11 is 5.80. The van der Waals surface area contributed by atoms with Gasteiger partial charge in [0.1, 0.15) is 0 Å². The minimum absolute atomic E-state index is 1.13. The molecular formula is C9H7BrIN. The van der Waals surface area contributed by atoms with Gasteiger partial charge in [0.25, 0.3) is 0 Å². The normalized spacial score (nSPS) is 10.9. The molecular weight excluding hydrogens is 329 g/mol. The Kier molecular flexibility index (Phi) is 2.16. The number of rotatable bonds is 0. The van der Waals surface area contributed by atoms with E-state index in [4.69, 9.17) is 0 Å². The van der Waals surface area contributed by atoms with Gasteiger partial charge >= 0.3 is 0 Å². The molecule has 0 atom stereocenters. The molecule has 0 unspecified atom stereocenters. The highest BCUT2D eigenvalue weighted by Crippen LogP contribution is 2.23. The van der Waals surface area contributed by atoms with E-state index in [9.17, 15) is 0 Å². The Bertz CT molecular complexity index is 433. The van der Waals surface area contributed by atoms with Crippen molar-refractivity contribution in [3.8, 4) is 0 Å². The molecule has 0 aliphatic heterocycles. The lowest BCUT2D eigenvalue weighted by Crippen LogP contribution is -1.88. The summed E-state index contributed by atoms with van der Waals surface area (Å²) in [6, 6.07) is 8.51. The minimum Gasteiger partial charge on any atom is -0.339 e. The first-order chi connectivity index (χ1) is 5.68. The quantitative estimate of drug-likeness (QED) is 0.649. The summed E-state index contributed by atoms with van der Waals surface area (Å²) in [7, 11) is 2.08. The van der Waals surface area contributed by atoms with Gasteiger partial charge < -0.3 is 4.57 Å². The fourth-order valence-corrected chi connectivity index (χ4v) is 2.21. The second-order valence-corrected chi connectivity index (χ2v) is 4.75. The van der Waals surface area contributed by atoms with Gasteiger partial charge in [-0.3, -0.25) is 0 Å². The van der Waals surface area contributed by atoms with Crippen LogP contribution in [-0.2, 0) is 7.05 Å². The Morgan fingerprint density at radius 1 is 1.33 bits per heavy atom. The molecule has 62 valence electrons. The summed E-state index contributed by atoms with van der Waals surface area (Å²) in [5.74, 6) is 0. The summed E-state index contributed by atoms with van der Waals surface area (Å²) < 4.78 is 4.58. The monoisotopic (exact) mass is 335 g/mol. The van der Waals surface area contributed by atoms with Crippen LogP contribution in [0.2, 0.25) is 0 Å². The highest BCUT2D eigenvalue weighted by Gasteiger charge is 2.02. The number of benzene rings is 1. The van der Waals surface area contributed by atoms with E-state index in [-0.39, 0.29) is 0 Å². The average molecular weight is 336 g/mol. The molecule has 0 aliphatic rings. The van der Waals surface area contributed by atoms with Crippen molar-refractivity contribution in [2.24, 2.45) is 7.05 Å². The first kappa shape index (κ1) is 8.56. The third kappa shape index (κ3) is 1.29. The summed E-state index contributed by atoms with van der Waals surface area (Å²) in [6.45, 7) is 0. The van der Waals surface area contributed by atoms with Gasteiger partial charge in [-0.15, -0.1) is 0 Å². The SMILES string of the molecule is Cn1c(I)cc2ccc(Br)cc21. The standard InChI is InChI=1S/C9H7BrIN/c1-12-8-5-7(10)3-2-6(8)4-9(12)11/h2-5H,1H3. The van der Waals surface area contributed by atoms with Crippen LogP contribution in [0.5, 0.6) is 0 Å². The van der Waals surface area contributed by atoms with Gasteiger partial charge in [-0.25, -0.2) is 0 Å².